The highest BCUT2D eigenvalue weighted by atomic mass is 16.6. The molecule has 3 unspecified atom stereocenters. The zero-order valence-corrected chi connectivity index (χ0v) is 13.5. The largest absolute Gasteiger partial charge is 0.370 e. The third-order valence-corrected chi connectivity index (χ3v) is 4.56. The van der Waals surface area contributed by atoms with Crippen molar-refractivity contribution in [2.75, 3.05) is 6.54 Å². The second-order valence-electron chi connectivity index (χ2n) is 6.50. The maximum absolute atomic E-state index is 11.8. The second kappa shape index (κ2) is 9.37. The van der Waals surface area contributed by atoms with Gasteiger partial charge in [-0.15, -0.1) is 0 Å². The molecule has 0 bridgehead atoms. The van der Waals surface area contributed by atoms with E-state index in [0.717, 1.165) is 32.2 Å². The summed E-state index contributed by atoms with van der Waals surface area (Å²) >= 11 is 0. The molecule has 2 heterocycles. The Morgan fingerprint density at radius 2 is 2.19 bits per heavy atom. The Bertz CT molecular complexity index is 340. The van der Waals surface area contributed by atoms with Crippen molar-refractivity contribution in [2.45, 2.75) is 89.4 Å². The standard InChI is InChI=1S/C18H31NO2/c1-2-3-4-5-6-10-16(20)11-7-9-15-14-18-17(21-18)12-8-13-19-15/h6,10,15,17-19H,2-5,7-9,11-14H2,1H3. The molecule has 0 spiro atoms. The molecule has 21 heavy (non-hydrogen) atoms. The lowest BCUT2D eigenvalue weighted by atomic mass is 9.99. The Morgan fingerprint density at radius 3 is 3.05 bits per heavy atom. The molecule has 0 amide bonds. The van der Waals surface area contributed by atoms with Gasteiger partial charge >= 0.3 is 0 Å². The number of carbonyl (C=O) groups excluding carboxylic acids is 1. The van der Waals surface area contributed by atoms with Crippen LogP contribution in [0.25, 0.3) is 0 Å². The van der Waals surface area contributed by atoms with Crippen LogP contribution in [-0.2, 0) is 9.53 Å². The summed E-state index contributed by atoms with van der Waals surface area (Å²) in [6.45, 7) is 3.30. The van der Waals surface area contributed by atoms with Crippen LogP contribution in [0.4, 0.5) is 0 Å². The quantitative estimate of drug-likeness (QED) is 0.400. The summed E-state index contributed by atoms with van der Waals surface area (Å²) in [6, 6.07) is 0.543. The van der Waals surface area contributed by atoms with E-state index >= 15 is 0 Å². The first-order valence-electron chi connectivity index (χ1n) is 8.88. The van der Waals surface area contributed by atoms with Crippen molar-refractivity contribution in [1.82, 2.24) is 5.32 Å². The summed E-state index contributed by atoms with van der Waals surface area (Å²) in [5.74, 6) is 0.290. The van der Waals surface area contributed by atoms with Crippen LogP contribution in [0.1, 0.15) is 71.1 Å². The molecule has 0 aromatic carbocycles. The number of hydrogen-bond acceptors (Lipinski definition) is 3. The predicted molar refractivity (Wildman–Crippen MR) is 86.4 cm³/mol. The smallest absolute Gasteiger partial charge is 0.155 e. The lowest BCUT2D eigenvalue weighted by molar-refractivity contribution is -0.114. The molecule has 2 aliphatic heterocycles. The Morgan fingerprint density at radius 1 is 1.29 bits per heavy atom. The monoisotopic (exact) mass is 293 g/mol. The van der Waals surface area contributed by atoms with E-state index in [1.54, 1.807) is 6.08 Å². The molecule has 0 aromatic rings. The van der Waals surface area contributed by atoms with Crippen LogP contribution in [-0.4, -0.2) is 30.6 Å². The molecule has 2 fully saturated rings. The summed E-state index contributed by atoms with van der Waals surface area (Å²) in [7, 11) is 0. The minimum absolute atomic E-state index is 0.290. The van der Waals surface area contributed by atoms with Crippen LogP contribution in [0, 0.1) is 0 Å². The van der Waals surface area contributed by atoms with E-state index in [-0.39, 0.29) is 5.78 Å². The first kappa shape index (κ1) is 16.7. The summed E-state index contributed by atoms with van der Waals surface area (Å²) in [5.41, 5.74) is 0. The van der Waals surface area contributed by atoms with Gasteiger partial charge in [0.15, 0.2) is 5.78 Å². The molecule has 1 N–H and O–H groups in total. The maximum atomic E-state index is 11.8. The van der Waals surface area contributed by atoms with Crippen molar-refractivity contribution in [3.63, 3.8) is 0 Å². The van der Waals surface area contributed by atoms with E-state index in [1.165, 1.54) is 32.1 Å². The van der Waals surface area contributed by atoms with Gasteiger partial charge in [-0.2, -0.15) is 0 Å². The van der Waals surface area contributed by atoms with Crippen molar-refractivity contribution < 1.29 is 9.53 Å². The van der Waals surface area contributed by atoms with Crippen molar-refractivity contribution in [2.24, 2.45) is 0 Å². The molecule has 0 saturated carbocycles. The number of ether oxygens (including phenoxy) is 1. The number of rotatable bonds is 9. The molecular formula is C18H31NO2. The first-order chi connectivity index (χ1) is 10.3. The topological polar surface area (TPSA) is 41.6 Å². The van der Waals surface area contributed by atoms with Crippen LogP contribution in [0.3, 0.4) is 0 Å². The van der Waals surface area contributed by atoms with Crippen LogP contribution < -0.4 is 5.32 Å². The molecule has 120 valence electrons. The Balaban J connectivity index is 1.54. The van der Waals surface area contributed by atoms with Crippen molar-refractivity contribution in [1.29, 1.82) is 0 Å². The number of allylic oxidation sites excluding steroid dienone is 2. The third-order valence-electron chi connectivity index (χ3n) is 4.56. The van der Waals surface area contributed by atoms with Crippen LogP contribution >= 0.6 is 0 Å². The lowest BCUT2D eigenvalue weighted by Crippen LogP contribution is -2.33. The lowest BCUT2D eigenvalue weighted by Gasteiger charge is -2.19. The highest BCUT2D eigenvalue weighted by Crippen LogP contribution is 2.32. The van der Waals surface area contributed by atoms with Gasteiger partial charge in [0.05, 0.1) is 12.2 Å². The van der Waals surface area contributed by atoms with Crippen molar-refractivity contribution >= 4 is 5.78 Å². The van der Waals surface area contributed by atoms with Crippen LogP contribution in [0.15, 0.2) is 12.2 Å². The summed E-state index contributed by atoms with van der Waals surface area (Å²) in [5, 5.41) is 3.61. The summed E-state index contributed by atoms with van der Waals surface area (Å²) in [6.07, 6.45) is 16.0. The van der Waals surface area contributed by atoms with E-state index in [9.17, 15) is 4.79 Å². The molecule has 2 rings (SSSR count). The Kier molecular flexibility index (Phi) is 7.45. The molecule has 0 radical (unpaired) electrons. The molecule has 0 aliphatic carbocycles. The van der Waals surface area contributed by atoms with E-state index < -0.39 is 0 Å². The third kappa shape index (κ3) is 6.75. The van der Waals surface area contributed by atoms with E-state index in [0.29, 0.717) is 24.7 Å². The van der Waals surface area contributed by atoms with Crippen LogP contribution in [0.2, 0.25) is 0 Å². The molecule has 3 nitrogen and oxygen atoms in total. The van der Waals surface area contributed by atoms with E-state index in [1.807, 2.05) is 0 Å². The molecule has 2 saturated heterocycles. The number of unbranched alkanes of at least 4 members (excludes halogenated alkanes) is 3. The van der Waals surface area contributed by atoms with Gasteiger partial charge in [-0.25, -0.2) is 0 Å². The van der Waals surface area contributed by atoms with Gasteiger partial charge in [0, 0.05) is 12.5 Å². The van der Waals surface area contributed by atoms with Crippen molar-refractivity contribution in [3.8, 4) is 0 Å². The maximum Gasteiger partial charge on any atom is 0.155 e. The normalized spacial score (nSPS) is 28.9. The summed E-state index contributed by atoms with van der Waals surface area (Å²) < 4.78 is 5.66. The van der Waals surface area contributed by atoms with E-state index in [4.69, 9.17) is 4.74 Å². The molecular weight excluding hydrogens is 262 g/mol. The molecule has 3 heteroatoms. The van der Waals surface area contributed by atoms with Gasteiger partial charge < -0.3 is 10.1 Å². The minimum atomic E-state index is 0.290. The van der Waals surface area contributed by atoms with Gasteiger partial charge in [-0.05, 0) is 57.6 Å². The highest BCUT2D eigenvalue weighted by molar-refractivity contribution is 5.89. The predicted octanol–water partition coefficient (Wildman–Crippen LogP) is 3.77. The fourth-order valence-electron chi connectivity index (χ4n) is 3.17. The number of ketones is 1. The van der Waals surface area contributed by atoms with Gasteiger partial charge in [0.1, 0.15) is 0 Å². The molecule has 3 atom stereocenters. The van der Waals surface area contributed by atoms with Gasteiger partial charge in [-0.3, -0.25) is 4.79 Å². The molecule has 0 aromatic heterocycles. The highest BCUT2D eigenvalue weighted by Gasteiger charge is 2.40. The minimum Gasteiger partial charge on any atom is -0.370 e. The molecule has 2 aliphatic rings. The fourth-order valence-corrected chi connectivity index (χ4v) is 3.17. The number of carbonyl (C=O) groups is 1. The average Bonchev–Trinajstić information content (AvgIpc) is 3.17. The van der Waals surface area contributed by atoms with Crippen molar-refractivity contribution in [3.05, 3.63) is 12.2 Å². The van der Waals surface area contributed by atoms with Crippen LogP contribution in [0.5, 0.6) is 0 Å². The Hall–Kier alpha value is -0.670. The zero-order valence-electron chi connectivity index (χ0n) is 13.5. The fraction of sp³-hybridized carbons (Fsp3) is 0.833. The van der Waals surface area contributed by atoms with E-state index in [2.05, 4.69) is 18.3 Å². The zero-order chi connectivity index (χ0) is 14.9. The average molecular weight is 293 g/mol. The number of fused-ring (bicyclic) bond motifs is 1. The number of nitrogens with one attached hydrogen (secondary N) is 1. The van der Waals surface area contributed by atoms with Gasteiger partial charge in [0.2, 0.25) is 0 Å². The summed E-state index contributed by atoms with van der Waals surface area (Å²) in [4.78, 5) is 11.8. The van der Waals surface area contributed by atoms with Gasteiger partial charge in [-0.1, -0.05) is 25.8 Å². The number of epoxide rings is 1. The first-order valence-corrected chi connectivity index (χ1v) is 8.88. The SMILES string of the molecule is CCCCCC=CC(=O)CCCC1CC2OC2CCCN1. The second-order valence-corrected chi connectivity index (χ2v) is 6.50. The Labute approximate surface area is 129 Å². The number of hydrogen-bond donors (Lipinski definition) is 1. The van der Waals surface area contributed by atoms with Gasteiger partial charge in [0.25, 0.3) is 0 Å².